The van der Waals surface area contributed by atoms with Gasteiger partial charge in [0.2, 0.25) is 0 Å². The van der Waals surface area contributed by atoms with Crippen molar-refractivity contribution in [2.45, 2.75) is 12.3 Å². The molecular weight excluding hydrogens is 219 g/mol. The molecule has 1 atom stereocenters. The third-order valence-electron chi connectivity index (χ3n) is 2.37. The van der Waals surface area contributed by atoms with E-state index in [0.717, 1.165) is 5.56 Å². The highest BCUT2D eigenvalue weighted by Gasteiger charge is 2.11. The van der Waals surface area contributed by atoms with Gasteiger partial charge in [0.25, 0.3) is 0 Å². The van der Waals surface area contributed by atoms with E-state index in [9.17, 15) is 9.18 Å². The van der Waals surface area contributed by atoms with Crippen molar-refractivity contribution in [3.05, 3.63) is 60.6 Å². The Morgan fingerprint density at radius 1 is 1.59 bits per heavy atom. The quantitative estimate of drug-likeness (QED) is 0.429. The Hall–Kier alpha value is -1.90. The predicted octanol–water partition coefficient (Wildman–Crippen LogP) is 3.21. The summed E-state index contributed by atoms with van der Waals surface area (Å²) in [6.07, 6.45) is 4.59. The number of allylic oxidation sites excluding steroid dienone is 2. The van der Waals surface area contributed by atoms with Crippen LogP contribution >= 0.6 is 0 Å². The lowest BCUT2D eigenvalue weighted by Crippen LogP contribution is -2.03. The van der Waals surface area contributed by atoms with Crippen LogP contribution in [0.15, 0.2) is 49.3 Å². The van der Waals surface area contributed by atoms with Crippen LogP contribution in [0, 0.1) is 5.82 Å². The van der Waals surface area contributed by atoms with Gasteiger partial charge in [-0.3, -0.25) is 4.79 Å². The largest absolute Gasteiger partial charge is 0.504 e. The van der Waals surface area contributed by atoms with Gasteiger partial charge in [0.05, 0.1) is 13.4 Å². The van der Waals surface area contributed by atoms with E-state index < -0.39 is 0 Å². The van der Waals surface area contributed by atoms with Crippen LogP contribution in [0.4, 0.5) is 4.39 Å². The molecule has 1 rings (SSSR count). The summed E-state index contributed by atoms with van der Waals surface area (Å²) in [5.74, 6) is -0.574. The first-order valence-electron chi connectivity index (χ1n) is 5.27. The van der Waals surface area contributed by atoms with Crippen molar-refractivity contribution in [2.24, 2.45) is 0 Å². The summed E-state index contributed by atoms with van der Waals surface area (Å²) in [6.45, 7) is 3.67. The zero-order valence-corrected chi connectivity index (χ0v) is 9.73. The molecule has 0 aliphatic heterocycles. The van der Waals surface area contributed by atoms with E-state index in [2.05, 4.69) is 11.3 Å². The maximum atomic E-state index is 13.1. The smallest absolute Gasteiger partial charge is 0.159 e. The summed E-state index contributed by atoms with van der Waals surface area (Å²) in [5, 5.41) is 0. The summed E-state index contributed by atoms with van der Waals surface area (Å²) in [5.41, 5.74) is 0.749. The van der Waals surface area contributed by atoms with E-state index in [-0.39, 0.29) is 23.9 Å². The van der Waals surface area contributed by atoms with Gasteiger partial charge in [0.15, 0.2) is 5.78 Å². The third-order valence-corrected chi connectivity index (χ3v) is 2.37. The second-order valence-electron chi connectivity index (χ2n) is 3.61. The van der Waals surface area contributed by atoms with Crippen LogP contribution in [0.5, 0.6) is 0 Å². The van der Waals surface area contributed by atoms with Crippen LogP contribution < -0.4 is 0 Å². The Morgan fingerprint density at radius 2 is 2.35 bits per heavy atom. The van der Waals surface area contributed by atoms with Gasteiger partial charge in [-0.2, -0.15) is 0 Å². The Bertz CT molecular complexity index is 424. The maximum Gasteiger partial charge on any atom is 0.159 e. The summed E-state index contributed by atoms with van der Waals surface area (Å²) in [4.78, 5) is 11.5. The molecule has 0 aromatic heterocycles. The lowest BCUT2D eigenvalue weighted by Gasteiger charge is -2.10. The summed E-state index contributed by atoms with van der Waals surface area (Å²) in [7, 11) is 1.47. The SMILES string of the molecule is C=C[C@@H](CC(=O)/C=C/OC)c1cccc(F)c1. The first kappa shape index (κ1) is 13.2. The predicted molar refractivity (Wildman–Crippen MR) is 65.1 cm³/mol. The van der Waals surface area contributed by atoms with Crippen LogP contribution in [0.3, 0.4) is 0 Å². The van der Waals surface area contributed by atoms with Crippen molar-refractivity contribution >= 4 is 5.78 Å². The van der Waals surface area contributed by atoms with Gasteiger partial charge >= 0.3 is 0 Å². The van der Waals surface area contributed by atoms with Gasteiger partial charge in [-0.1, -0.05) is 18.2 Å². The molecule has 0 amide bonds. The Kier molecular flexibility index (Phi) is 5.14. The summed E-state index contributed by atoms with van der Waals surface area (Å²) >= 11 is 0. The first-order valence-corrected chi connectivity index (χ1v) is 5.27. The van der Waals surface area contributed by atoms with Gasteiger partial charge in [-0.15, -0.1) is 6.58 Å². The second-order valence-corrected chi connectivity index (χ2v) is 3.61. The molecule has 0 aliphatic carbocycles. The monoisotopic (exact) mass is 234 g/mol. The van der Waals surface area contributed by atoms with Gasteiger partial charge in [0.1, 0.15) is 5.82 Å². The lowest BCUT2D eigenvalue weighted by molar-refractivity contribution is -0.114. The molecule has 0 unspecified atom stereocenters. The normalized spacial score (nSPS) is 12.4. The first-order chi connectivity index (χ1) is 8.17. The van der Waals surface area contributed by atoms with E-state index in [1.54, 1.807) is 18.2 Å². The number of carbonyl (C=O) groups excluding carboxylic acids is 1. The molecule has 0 radical (unpaired) electrons. The van der Waals surface area contributed by atoms with Crippen molar-refractivity contribution < 1.29 is 13.9 Å². The van der Waals surface area contributed by atoms with E-state index in [1.807, 2.05) is 0 Å². The molecule has 0 N–H and O–H groups in total. The van der Waals surface area contributed by atoms with E-state index >= 15 is 0 Å². The molecule has 1 aromatic rings. The molecule has 0 saturated heterocycles. The zero-order chi connectivity index (χ0) is 12.7. The van der Waals surface area contributed by atoms with Crippen molar-refractivity contribution in [3.63, 3.8) is 0 Å². The van der Waals surface area contributed by atoms with Crippen LogP contribution in [-0.4, -0.2) is 12.9 Å². The molecule has 1 aromatic carbocycles. The third kappa shape index (κ3) is 4.23. The van der Waals surface area contributed by atoms with Crippen molar-refractivity contribution in [1.29, 1.82) is 0 Å². The molecule has 90 valence electrons. The van der Waals surface area contributed by atoms with Gasteiger partial charge in [0, 0.05) is 18.4 Å². The summed E-state index contributed by atoms with van der Waals surface area (Å²) in [6, 6.07) is 6.19. The molecule has 0 saturated carbocycles. The van der Waals surface area contributed by atoms with Gasteiger partial charge in [-0.05, 0) is 17.7 Å². The van der Waals surface area contributed by atoms with Crippen molar-refractivity contribution in [1.82, 2.24) is 0 Å². The minimum absolute atomic E-state index is 0.0824. The molecule has 17 heavy (non-hydrogen) atoms. The van der Waals surface area contributed by atoms with E-state index in [0.29, 0.717) is 0 Å². The molecule has 0 aliphatic rings. The number of ketones is 1. The van der Waals surface area contributed by atoms with E-state index in [1.165, 1.54) is 31.6 Å². The summed E-state index contributed by atoms with van der Waals surface area (Å²) < 4.78 is 17.7. The van der Waals surface area contributed by atoms with Gasteiger partial charge < -0.3 is 4.74 Å². The maximum absolute atomic E-state index is 13.1. The Morgan fingerprint density at radius 3 is 2.94 bits per heavy atom. The van der Waals surface area contributed by atoms with Crippen LogP contribution in [-0.2, 0) is 9.53 Å². The Labute approximate surface area is 100 Å². The fourth-order valence-corrected chi connectivity index (χ4v) is 1.50. The van der Waals surface area contributed by atoms with Crippen LogP contribution in [0.1, 0.15) is 17.9 Å². The topological polar surface area (TPSA) is 26.3 Å². The number of halogens is 1. The number of hydrogen-bond acceptors (Lipinski definition) is 2. The zero-order valence-electron chi connectivity index (χ0n) is 9.73. The number of hydrogen-bond donors (Lipinski definition) is 0. The molecule has 2 nitrogen and oxygen atoms in total. The fraction of sp³-hybridized carbons (Fsp3) is 0.214. The lowest BCUT2D eigenvalue weighted by atomic mass is 9.94. The average molecular weight is 234 g/mol. The van der Waals surface area contributed by atoms with Crippen molar-refractivity contribution in [2.75, 3.05) is 7.11 Å². The number of rotatable bonds is 6. The molecule has 3 heteroatoms. The molecule has 0 spiro atoms. The molecular formula is C14H15FO2. The highest BCUT2D eigenvalue weighted by Crippen LogP contribution is 2.21. The standard InChI is InChI=1S/C14H15FO2/c1-3-11(10-14(16)7-8-17-2)12-5-4-6-13(15)9-12/h3-9,11H,1,10H2,2H3/b8-7+/t11-/m0/s1. The number of benzene rings is 1. The average Bonchev–Trinajstić information content (AvgIpc) is 2.33. The molecule has 0 heterocycles. The number of ether oxygens (including phenoxy) is 1. The Balaban J connectivity index is 2.75. The minimum atomic E-state index is -0.311. The van der Waals surface area contributed by atoms with Gasteiger partial charge in [-0.25, -0.2) is 4.39 Å². The minimum Gasteiger partial charge on any atom is -0.504 e. The van der Waals surface area contributed by atoms with Crippen molar-refractivity contribution in [3.8, 4) is 0 Å². The second kappa shape index (κ2) is 6.63. The highest BCUT2D eigenvalue weighted by atomic mass is 19.1. The molecule has 0 fully saturated rings. The number of methoxy groups -OCH3 is 1. The molecule has 0 bridgehead atoms. The van der Waals surface area contributed by atoms with E-state index in [4.69, 9.17) is 0 Å². The van der Waals surface area contributed by atoms with Crippen LogP contribution in [0.2, 0.25) is 0 Å². The van der Waals surface area contributed by atoms with Crippen LogP contribution in [0.25, 0.3) is 0 Å². The fourth-order valence-electron chi connectivity index (χ4n) is 1.50. The number of carbonyl (C=O) groups is 1. The highest BCUT2D eigenvalue weighted by molar-refractivity contribution is 5.90.